The first-order valence-corrected chi connectivity index (χ1v) is 8.42. The highest BCUT2D eigenvalue weighted by atomic mass is 16.5. The minimum Gasteiger partial charge on any atom is -0.491 e. The van der Waals surface area contributed by atoms with Gasteiger partial charge in [0.15, 0.2) is 0 Å². The highest BCUT2D eigenvalue weighted by molar-refractivity contribution is 5.81. The number of carbonyl (C=O) groups excluding carboxylic acids is 1. The molecule has 126 valence electrons. The largest absolute Gasteiger partial charge is 0.491 e. The lowest BCUT2D eigenvalue weighted by Crippen LogP contribution is -2.42. The van der Waals surface area contributed by atoms with Crippen LogP contribution < -0.4 is 4.74 Å². The molecule has 2 aliphatic rings. The van der Waals surface area contributed by atoms with E-state index >= 15 is 0 Å². The second-order valence-electron chi connectivity index (χ2n) is 6.20. The Hall–Kier alpha value is -1.59. The topological polar surface area (TPSA) is 48.0 Å². The van der Waals surface area contributed by atoms with Gasteiger partial charge in [0.25, 0.3) is 5.91 Å². The van der Waals surface area contributed by atoms with E-state index in [0.717, 1.165) is 30.8 Å². The second-order valence-corrected chi connectivity index (χ2v) is 6.20. The SMILES string of the molecule is CC(OCC1CCCO1)C(=O)N1CCOc2ccccc2C1C. The molecule has 0 spiro atoms. The average Bonchev–Trinajstić information content (AvgIpc) is 3.03. The number of fused-ring (bicyclic) bond motifs is 1. The van der Waals surface area contributed by atoms with Crippen molar-refractivity contribution in [3.63, 3.8) is 0 Å². The molecule has 5 nitrogen and oxygen atoms in total. The number of amides is 1. The average molecular weight is 319 g/mol. The third-order valence-electron chi connectivity index (χ3n) is 4.61. The summed E-state index contributed by atoms with van der Waals surface area (Å²) in [5.74, 6) is 0.874. The first-order chi connectivity index (χ1) is 11.2. The molecule has 0 aliphatic carbocycles. The van der Waals surface area contributed by atoms with Crippen LogP contribution in [-0.2, 0) is 14.3 Å². The van der Waals surface area contributed by atoms with E-state index in [2.05, 4.69) is 0 Å². The van der Waals surface area contributed by atoms with Gasteiger partial charge in [-0.25, -0.2) is 0 Å². The molecular formula is C18H25NO4. The standard InChI is InChI=1S/C18H25NO4/c1-13-16-7-3-4-8-17(16)22-11-9-19(13)18(20)14(2)23-12-15-6-5-10-21-15/h3-4,7-8,13-15H,5-6,9-12H2,1-2H3. The van der Waals surface area contributed by atoms with Gasteiger partial charge >= 0.3 is 0 Å². The Morgan fingerprint density at radius 3 is 3.00 bits per heavy atom. The van der Waals surface area contributed by atoms with Crippen LogP contribution in [0.25, 0.3) is 0 Å². The Labute approximate surface area is 137 Å². The number of ether oxygens (including phenoxy) is 3. The van der Waals surface area contributed by atoms with Crippen LogP contribution in [0.2, 0.25) is 0 Å². The van der Waals surface area contributed by atoms with Crippen molar-refractivity contribution in [3.8, 4) is 5.75 Å². The van der Waals surface area contributed by atoms with Crippen molar-refractivity contribution in [2.45, 2.75) is 44.9 Å². The molecular weight excluding hydrogens is 294 g/mol. The zero-order chi connectivity index (χ0) is 16.2. The Kier molecular flexibility index (Phi) is 5.18. The quantitative estimate of drug-likeness (QED) is 0.856. The molecule has 0 radical (unpaired) electrons. The molecule has 1 aromatic carbocycles. The third-order valence-corrected chi connectivity index (χ3v) is 4.61. The minimum absolute atomic E-state index is 0.0100. The smallest absolute Gasteiger partial charge is 0.252 e. The van der Waals surface area contributed by atoms with Crippen LogP contribution in [0, 0.1) is 0 Å². The van der Waals surface area contributed by atoms with Crippen molar-refractivity contribution in [2.24, 2.45) is 0 Å². The molecule has 2 heterocycles. The van der Waals surface area contributed by atoms with E-state index < -0.39 is 6.10 Å². The normalized spacial score (nSPS) is 25.4. The molecule has 3 unspecified atom stereocenters. The molecule has 0 N–H and O–H groups in total. The molecule has 1 aromatic rings. The fraction of sp³-hybridized carbons (Fsp3) is 0.611. The number of rotatable bonds is 4. The molecule has 5 heteroatoms. The van der Waals surface area contributed by atoms with Crippen LogP contribution in [0.1, 0.15) is 38.3 Å². The summed E-state index contributed by atoms with van der Waals surface area (Å²) < 4.78 is 17.1. The molecule has 2 aliphatic heterocycles. The molecule has 3 atom stereocenters. The van der Waals surface area contributed by atoms with Crippen molar-refractivity contribution in [3.05, 3.63) is 29.8 Å². The second kappa shape index (κ2) is 7.32. The predicted octanol–water partition coefficient (Wildman–Crippen LogP) is 2.55. The van der Waals surface area contributed by atoms with Crippen molar-refractivity contribution in [1.82, 2.24) is 4.90 Å². The lowest BCUT2D eigenvalue weighted by molar-refractivity contribution is -0.147. The summed E-state index contributed by atoms with van der Waals surface area (Å²) in [5, 5.41) is 0. The molecule has 0 bridgehead atoms. The van der Waals surface area contributed by atoms with E-state index in [1.165, 1.54) is 0 Å². The Bertz CT molecular complexity index is 542. The summed E-state index contributed by atoms with van der Waals surface area (Å²) >= 11 is 0. The van der Waals surface area contributed by atoms with Crippen LogP contribution in [-0.4, -0.2) is 49.4 Å². The summed E-state index contributed by atoms with van der Waals surface area (Å²) in [6, 6.07) is 7.89. The van der Waals surface area contributed by atoms with Crippen LogP contribution in [0.3, 0.4) is 0 Å². The Morgan fingerprint density at radius 1 is 1.39 bits per heavy atom. The molecule has 3 rings (SSSR count). The van der Waals surface area contributed by atoms with Gasteiger partial charge in [0.1, 0.15) is 18.5 Å². The third kappa shape index (κ3) is 3.67. The maximum Gasteiger partial charge on any atom is 0.252 e. The number of carbonyl (C=O) groups is 1. The lowest BCUT2D eigenvalue weighted by Gasteiger charge is -2.30. The molecule has 23 heavy (non-hydrogen) atoms. The number of benzene rings is 1. The summed E-state index contributed by atoms with van der Waals surface area (Å²) in [5.41, 5.74) is 1.05. The fourth-order valence-corrected chi connectivity index (χ4v) is 3.21. The van der Waals surface area contributed by atoms with Gasteiger partial charge in [-0.1, -0.05) is 18.2 Å². The summed E-state index contributed by atoms with van der Waals surface area (Å²) in [6.07, 6.45) is 1.76. The molecule has 1 saturated heterocycles. The van der Waals surface area contributed by atoms with Gasteiger partial charge < -0.3 is 19.1 Å². The number of hydrogen-bond donors (Lipinski definition) is 0. The molecule has 1 fully saturated rings. The van der Waals surface area contributed by atoms with E-state index in [1.807, 2.05) is 43.0 Å². The van der Waals surface area contributed by atoms with Gasteiger partial charge in [-0.3, -0.25) is 4.79 Å². The van der Waals surface area contributed by atoms with Gasteiger partial charge in [0.05, 0.1) is 25.3 Å². The summed E-state index contributed by atoms with van der Waals surface area (Å²) in [7, 11) is 0. The van der Waals surface area contributed by atoms with Gasteiger partial charge in [-0.05, 0) is 32.8 Å². The van der Waals surface area contributed by atoms with Crippen LogP contribution in [0.4, 0.5) is 0 Å². The molecule has 0 saturated carbocycles. The van der Waals surface area contributed by atoms with Gasteiger partial charge in [0.2, 0.25) is 0 Å². The van der Waals surface area contributed by atoms with Gasteiger partial charge in [0, 0.05) is 12.2 Å². The van der Waals surface area contributed by atoms with E-state index in [1.54, 1.807) is 0 Å². The Morgan fingerprint density at radius 2 is 2.22 bits per heavy atom. The Balaban J connectivity index is 1.63. The van der Waals surface area contributed by atoms with Crippen molar-refractivity contribution in [2.75, 3.05) is 26.4 Å². The van der Waals surface area contributed by atoms with E-state index in [0.29, 0.717) is 19.8 Å². The summed E-state index contributed by atoms with van der Waals surface area (Å²) in [6.45, 7) is 6.23. The highest BCUT2D eigenvalue weighted by Gasteiger charge is 2.30. The zero-order valence-corrected chi connectivity index (χ0v) is 13.9. The van der Waals surface area contributed by atoms with Crippen molar-refractivity contribution >= 4 is 5.91 Å². The first-order valence-electron chi connectivity index (χ1n) is 8.42. The number of para-hydroxylation sites is 1. The predicted molar refractivity (Wildman–Crippen MR) is 86.5 cm³/mol. The van der Waals surface area contributed by atoms with Crippen LogP contribution in [0.15, 0.2) is 24.3 Å². The van der Waals surface area contributed by atoms with Crippen molar-refractivity contribution < 1.29 is 19.0 Å². The number of nitrogens with zero attached hydrogens (tertiary/aromatic N) is 1. The van der Waals surface area contributed by atoms with E-state index in [9.17, 15) is 4.79 Å². The van der Waals surface area contributed by atoms with Crippen molar-refractivity contribution in [1.29, 1.82) is 0 Å². The van der Waals surface area contributed by atoms with Gasteiger partial charge in [-0.2, -0.15) is 0 Å². The molecule has 0 aromatic heterocycles. The van der Waals surface area contributed by atoms with E-state index in [4.69, 9.17) is 14.2 Å². The zero-order valence-electron chi connectivity index (χ0n) is 13.9. The number of hydrogen-bond acceptors (Lipinski definition) is 4. The molecule has 1 amide bonds. The minimum atomic E-state index is -0.466. The van der Waals surface area contributed by atoms with Crippen LogP contribution in [0.5, 0.6) is 5.75 Å². The first kappa shape index (κ1) is 16.3. The fourth-order valence-electron chi connectivity index (χ4n) is 3.21. The monoisotopic (exact) mass is 319 g/mol. The van der Waals surface area contributed by atoms with Gasteiger partial charge in [-0.15, -0.1) is 0 Å². The maximum atomic E-state index is 12.8. The summed E-state index contributed by atoms with van der Waals surface area (Å²) in [4.78, 5) is 14.6. The highest BCUT2D eigenvalue weighted by Crippen LogP contribution is 2.31. The van der Waals surface area contributed by atoms with E-state index in [-0.39, 0.29) is 18.1 Å². The lowest BCUT2D eigenvalue weighted by atomic mass is 10.1. The maximum absolute atomic E-state index is 12.8. The van der Waals surface area contributed by atoms with Crippen LogP contribution >= 0.6 is 0 Å².